The van der Waals surface area contributed by atoms with Gasteiger partial charge in [0.15, 0.2) is 0 Å². The average molecular weight is 289 g/mol. The molecule has 1 aromatic carbocycles. The molecule has 1 amide bonds. The number of hydrogen-bond donors (Lipinski definition) is 0. The summed E-state index contributed by atoms with van der Waals surface area (Å²) in [7, 11) is 3.52. The second-order valence-electron chi connectivity index (χ2n) is 5.05. The molecular weight excluding hydrogens is 266 g/mol. The van der Waals surface area contributed by atoms with Gasteiger partial charge in [0.1, 0.15) is 12.4 Å². The van der Waals surface area contributed by atoms with Gasteiger partial charge in [0.2, 0.25) is 5.91 Å². The number of ether oxygens (including phenoxy) is 1. The Morgan fingerprint density at radius 2 is 2.10 bits per heavy atom. The molecule has 0 unspecified atom stereocenters. The Kier molecular flexibility index (Phi) is 7.27. The molecule has 0 aliphatic carbocycles. The molecule has 0 saturated heterocycles. The Balaban J connectivity index is 2.46. The molecule has 0 spiro atoms. The summed E-state index contributed by atoms with van der Waals surface area (Å²) in [5.41, 5.74) is 0.584. The summed E-state index contributed by atoms with van der Waals surface area (Å²) >= 11 is 0. The van der Waals surface area contributed by atoms with Gasteiger partial charge in [-0.3, -0.25) is 9.69 Å². The first-order chi connectivity index (χ1) is 10.1. The second-order valence-corrected chi connectivity index (χ2v) is 5.05. The van der Waals surface area contributed by atoms with Crippen molar-refractivity contribution in [1.29, 1.82) is 5.26 Å². The first-order valence-electron chi connectivity index (χ1n) is 7.12. The van der Waals surface area contributed by atoms with E-state index >= 15 is 0 Å². The summed E-state index contributed by atoms with van der Waals surface area (Å²) in [4.78, 5) is 15.4. The van der Waals surface area contributed by atoms with Crippen LogP contribution in [0, 0.1) is 11.3 Å². The summed E-state index contributed by atoms with van der Waals surface area (Å²) in [6.45, 7) is 4.54. The predicted octanol–water partition coefficient (Wildman–Crippen LogP) is 1.74. The summed E-state index contributed by atoms with van der Waals surface area (Å²) in [5.74, 6) is 0.777. The number of nitriles is 1. The molecule has 0 radical (unpaired) electrons. The molecule has 5 heteroatoms. The first-order valence-corrected chi connectivity index (χ1v) is 7.12. The molecule has 0 N–H and O–H groups in total. The molecule has 0 aliphatic heterocycles. The zero-order valence-corrected chi connectivity index (χ0v) is 13.0. The molecule has 0 fully saturated rings. The van der Waals surface area contributed by atoms with Crippen molar-refractivity contribution in [3.8, 4) is 11.8 Å². The maximum absolute atomic E-state index is 11.8. The van der Waals surface area contributed by atoms with Crippen LogP contribution in [0.25, 0.3) is 0 Å². The zero-order chi connectivity index (χ0) is 15.7. The third-order valence-electron chi connectivity index (χ3n) is 3.04. The Labute approximate surface area is 126 Å². The minimum Gasteiger partial charge on any atom is -0.492 e. The van der Waals surface area contributed by atoms with Gasteiger partial charge in [-0.1, -0.05) is 13.0 Å². The van der Waals surface area contributed by atoms with Gasteiger partial charge in [-0.2, -0.15) is 5.26 Å². The highest BCUT2D eigenvalue weighted by Gasteiger charge is 2.11. The lowest BCUT2D eigenvalue weighted by Crippen LogP contribution is -2.39. The Bertz CT molecular complexity index is 495. The summed E-state index contributed by atoms with van der Waals surface area (Å²) < 4.78 is 5.65. The average Bonchev–Trinajstić information content (AvgIpc) is 2.47. The van der Waals surface area contributed by atoms with E-state index < -0.39 is 0 Å². The van der Waals surface area contributed by atoms with Crippen LogP contribution in [0.15, 0.2) is 24.3 Å². The van der Waals surface area contributed by atoms with Crippen LogP contribution < -0.4 is 4.74 Å². The van der Waals surface area contributed by atoms with Crippen molar-refractivity contribution in [3.05, 3.63) is 29.8 Å². The third-order valence-corrected chi connectivity index (χ3v) is 3.04. The highest BCUT2D eigenvalue weighted by Crippen LogP contribution is 2.12. The molecule has 114 valence electrons. The van der Waals surface area contributed by atoms with E-state index in [1.807, 2.05) is 6.07 Å². The number of hydrogen-bond acceptors (Lipinski definition) is 4. The van der Waals surface area contributed by atoms with Gasteiger partial charge in [0.05, 0.1) is 18.2 Å². The van der Waals surface area contributed by atoms with Crippen molar-refractivity contribution in [2.75, 3.05) is 40.3 Å². The van der Waals surface area contributed by atoms with Crippen LogP contribution in [-0.4, -0.2) is 56.0 Å². The van der Waals surface area contributed by atoms with Crippen LogP contribution >= 0.6 is 0 Å². The predicted molar refractivity (Wildman–Crippen MR) is 82.1 cm³/mol. The second kappa shape index (κ2) is 8.98. The molecular formula is C16H23N3O2. The van der Waals surface area contributed by atoms with Gasteiger partial charge < -0.3 is 9.64 Å². The Morgan fingerprint density at radius 3 is 2.71 bits per heavy atom. The van der Waals surface area contributed by atoms with Gasteiger partial charge in [-0.05, 0) is 31.2 Å². The van der Waals surface area contributed by atoms with Crippen LogP contribution in [0.2, 0.25) is 0 Å². The standard InChI is InChI=1S/C16H23N3O2/c1-4-8-19(13-16(20)18(2)3)9-10-21-15-7-5-6-14(11-15)12-17/h5-7,11H,4,8-10,13H2,1-3H3. The van der Waals surface area contributed by atoms with E-state index in [0.717, 1.165) is 13.0 Å². The molecule has 1 rings (SSSR count). The van der Waals surface area contributed by atoms with Gasteiger partial charge >= 0.3 is 0 Å². The SMILES string of the molecule is CCCN(CCOc1cccc(C#N)c1)CC(=O)N(C)C. The molecule has 21 heavy (non-hydrogen) atoms. The lowest BCUT2D eigenvalue weighted by Gasteiger charge is -2.23. The highest BCUT2D eigenvalue weighted by atomic mass is 16.5. The third kappa shape index (κ3) is 6.28. The summed E-state index contributed by atoms with van der Waals surface area (Å²) in [6, 6.07) is 9.17. The van der Waals surface area contributed by atoms with Crippen molar-refractivity contribution in [2.24, 2.45) is 0 Å². The van der Waals surface area contributed by atoms with E-state index in [1.54, 1.807) is 37.2 Å². The minimum atomic E-state index is 0.0925. The first kappa shape index (κ1) is 17.0. The van der Waals surface area contributed by atoms with Crippen molar-refractivity contribution < 1.29 is 9.53 Å². The van der Waals surface area contributed by atoms with E-state index in [9.17, 15) is 4.79 Å². The maximum Gasteiger partial charge on any atom is 0.236 e. The highest BCUT2D eigenvalue weighted by molar-refractivity contribution is 5.77. The van der Waals surface area contributed by atoms with Gasteiger partial charge in [0, 0.05) is 20.6 Å². The number of carbonyl (C=O) groups is 1. The molecule has 0 heterocycles. The van der Waals surface area contributed by atoms with E-state index in [4.69, 9.17) is 10.00 Å². The van der Waals surface area contributed by atoms with Crippen molar-refractivity contribution in [3.63, 3.8) is 0 Å². The molecule has 0 saturated carbocycles. The quantitative estimate of drug-likeness (QED) is 0.731. The lowest BCUT2D eigenvalue weighted by atomic mass is 10.2. The van der Waals surface area contributed by atoms with Gasteiger partial charge in [-0.15, -0.1) is 0 Å². The summed E-state index contributed by atoms with van der Waals surface area (Å²) in [5, 5.41) is 8.84. The maximum atomic E-state index is 11.8. The van der Waals surface area contributed by atoms with Crippen LogP contribution in [0.3, 0.4) is 0 Å². The van der Waals surface area contributed by atoms with Crippen LogP contribution in [0.1, 0.15) is 18.9 Å². The smallest absolute Gasteiger partial charge is 0.236 e. The van der Waals surface area contributed by atoms with Crippen LogP contribution in [0.4, 0.5) is 0 Å². The van der Waals surface area contributed by atoms with E-state index in [2.05, 4.69) is 17.9 Å². The minimum absolute atomic E-state index is 0.0925. The van der Waals surface area contributed by atoms with Crippen LogP contribution in [0.5, 0.6) is 5.75 Å². The Hall–Kier alpha value is -2.06. The van der Waals surface area contributed by atoms with Crippen molar-refractivity contribution in [1.82, 2.24) is 9.80 Å². The molecule has 0 atom stereocenters. The van der Waals surface area contributed by atoms with Crippen molar-refractivity contribution in [2.45, 2.75) is 13.3 Å². The molecule has 0 bridgehead atoms. The number of nitrogens with zero attached hydrogens (tertiary/aromatic N) is 3. The Morgan fingerprint density at radius 1 is 1.33 bits per heavy atom. The van der Waals surface area contributed by atoms with Crippen LogP contribution in [-0.2, 0) is 4.79 Å². The largest absolute Gasteiger partial charge is 0.492 e. The number of amides is 1. The molecule has 0 aromatic heterocycles. The van der Waals surface area contributed by atoms with Gasteiger partial charge in [0.25, 0.3) is 0 Å². The number of rotatable bonds is 8. The normalized spacial score (nSPS) is 10.2. The topological polar surface area (TPSA) is 56.6 Å². The number of likely N-dealkylation sites (N-methyl/N-ethyl adjacent to an activating group) is 1. The summed E-state index contributed by atoms with van der Waals surface area (Å²) in [6.07, 6.45) is 0.991. The fourth-order valence-electron chi connectivity index (χ4n) is 1.87. The van der Waals surface area contributed by atoms with E-state index in [0.29, 0.717) is 31.0 Å². The molecule has 5 nitrogen and oxygen atoms in total. The van der Waals surface area contributed by atoms with E-state index in [1.165, 1.54) is 0 Å². The monoisotopic (exact) mass is 289 g/mol. The fourth-order valence-corrected chi connectivity index (χ4v) is 1.87. The van der Waals surface area contributed by atoms with E-state index in [-0.39, 0.29) is 5.91 Å². The molecule has 0 aliphatic rings. The number of benzene rings is 1. The van der Waals surface area contributed by atoms with Crippen molar-refractivity contribution >= 4 is 5.91 Å². The van der Waals surface area contributed by atoms with Gasteiger partial charge in [-0.25, -0.2) is 0 Å². The number of carbonyl (C=O) groups excluding carboxylic acids is 1. The molecule has 1 aromatic rings. The lowest BCUT2D eigenvalue weighted by molar-refractivity contribution is -0.130. The fraction of sp³-hybridized carbons (Fsp3) is 0.500. The zero-order valence-electron chi connectivity index (χ0n) is 13.0.